The molecule has 0 aromatic heterocycles. The molecule has 1 aliphatic heterocycles. The minimum atomic E-state index is -3.64. The summed E-state index contributed by atoms with van der Waals surface area (Å²) in [6, 6.07) is 8.14. The van der Waals surface area contributed by atoms with Gasteiger partial charge in [-0.15, -0.1) is 0 Å². The maximum absolute atomic E-state index is 12.5. The van der Waals surface area contributed by atoms with Crippen molar-refractivity contribution in [1.29, 1.82) is 0 Å². The van der Waals surface area contributed by atoms with Crippen LogP contribution in [-0.2, 0) is 19.6 Å². The number of ether oxygens (including phenoxy) is 1. The molecule has 1 amide bonds. The number of nitrogens with zero attached hydrogens (tertiary/aromatic N) is 1. The Morgan fingerprint density at radius 1 is 1.36 bits per heavy atom. The van der Waals surface area contributed by atoms with Crippen LogP contribution in [0, 0.1) is 0 Å². The quantitative estimate of drug-likeness (QED) is 0.811. The normalized spacial score (nSPS) is 18.5. The summed E-state index contributed by atoms with van der Waals surface area (Å²) in [7, 11) is -3.64. The molecule has 1 heterocycles. The Morgan fingerprint density at radius 3 is 2.68 bits per heavy atom. The van der Waals surface area contributed by atoms with E-state index in [0.717, 1.165) is 19.4 Å². The van der Waals surface area contributed by atoms with E-state index in [9.17, 15) is 13.2 Å². The Balaban J connectivity index is 1.94. The van der Waals surface area contributed by atoms with Gasteiger partial charge in [-0.1, -0.05) is 25.1 Å². The van der Waals surface area contributed by atoms with Crippen LogP contribution < -0.4 is 5.32 Å². The largest absolute Gasteiger partial charge is 0.376 e. The van der Waals surface area contributed by atoms with Crippen molar-refractivity contribution in [3.8, 4) is 0 Å². The van der Waals surface area contributed by atoms with Crippen molar-refractivity contribution >= 4 is 15.9 Å². The van der Waals surface area contributed by atoms with Crippen LogP contribution in [0.2, 0.25) is 0 Å². The monoisotopic (exact) mass is 326 g/mol. The molecule has 1 aliphatic rings. The van der Waals surface area contributed by atoms with E-state index in [1.54, 1.807) is 25.1 Å². The predicted molar refractivity (Wildman–Crippen MR) is 82.9 cm³/mol. The topological polar surface area (TPSA) is 75.7 Å². The number of hydrogen-bond acceptors (Lipinski definition) is 4. The third kappa shape index (κ3) is 4.28. The maximum Gasteiger partial charge on any atom is 0.243 e. The van der Waals surface area contributed by atoms with Crippen LogP contribution in [0.15, 0.2) is 35.2 Å². The highest BCUT2D eigenvalue weighted by Gasteiger charge is 2.25. The molecule has 6 nitrogen and oxygen atoms in total. The number of amides is 1. The van der Waals surface area contributed by atoms with Gasteiger partial charge in [0.2, 0.25) is 15.9 Å². The summed E-state index contributed by atoms with van der Waals surface area (Å²) < 4.78 is 31.6. The molecule has 1 N–H and O–H groups in total. The van der Waals surface area contributed by atoms with Gasteiger partial charge in [-0.3, -0.25) is 4.79 Å². The average Bonchev–Trinajstić information content (AvgIpc) is 3.04. The van der Waals surface area contributed by atoms with Crippen molar-refractivity contribution in [1.82, 2.24) is 9.62 Å². The molecule has 1 fully saturated rings. The summed E-state index contributed by atoms with van der Waals surface area (Å²) in [5.41, 5.74) is 0. The molecule has 0 unspecified atom stereocenters. The van der Waals surface area contributed by atoms with Gasteiger partial charge in [0, 0.05) is 19.7 Å². The van der Waals surface area contributed by atoms with E-state index in [1.165, 1.54) is 16.4 Å². The number of carbonyl (C=O) groups excluding carboxylic acids is 1. The Labute approximate surface area is 131 Å². The number of sulfonamides is 1. The molecule has 7 heteroatoms. The number of nitrogens with one attached hydrogen (secondary N) is 1. The fourth-order valence-electron chi connectivity index (χ4n) is 2.36. The summed E-state index contributed by atoms with van der Waals surface area (Å²) in [4.78, 5) is 12.2. The lowest BCUT2D eigenvalue weighted by atomic mass is 10.2. The lowest BCUT2D eigenvalue weighted by molar-refractivity contribution is -0.121. The van der Waals surface area contributed by atoms with Gasteiger partial charge in [0.15, 0.2) is 0 Å². The minimum Gasteiger partial charge on any atom is -0.376 e. The summed E-state index contributed by atoms with van der Waals surface area (Å²) in [6.07, 6.45) is 1.98. The molecule has 0 spiro atoms. The molecule has 1 aromatic carbocycles. The number of rotatable bonds is 7. The van der Waals surface area contributed by atoms with Crippen LogP contribution in [0.5, 0.6) is 0 Å². The minimum absolute atomic E-state index is 0.0461. The van der Waals surface area contributed by atoms with Gasteiger partial charge in [-0.05, 0) is 25.0 Å². The van der Waals surface area contributed by atoms with Crippen molar-refractivity contribution in [3.05, 3.63) is 30.3 Å². The third-order valence-corrected chi connectivity index (χ3v) is 5.54. The second kappa shape index (κ2) is 7.71. The molecular formula is C15H22N2O4S. The molecular weight excluding hydrogens is 304 g/mol. The zero-order valence-electron chi connectivity index (χ0n) is 12.7. The van der Waals surface area contributed by atoms with Crippen molar-refractivity contribution in [2.75, 3.05) is 26.2 Å². The number of likely N-dealkylation sites (N-methyl/N-ethyl adjacent to an activating group) is 1. The first-order valence-electron chi connectivity index (χ1n) is 7.47. The zero-order chi connectivity index (χ0) is 16.0. The molecule has 1 atom stereocenters. The molecule has 2 rings (SSSR count). The highest BCUT2D eigenvalue weighted by Crippen LogP contribution is 2.14. The molecule has 0 aliphatic carbocycles. The highest BCUT2D eigenvalue weighted by molar-refractivity contribution is 7.89. The van der Waals surface area contributed by atoms with Crippen molar-refractivity contribution in [2.45, 2.75) is 30.8 Å². The van der Waals surface area contributed by atoms with Crippen LogP contribution in [0.1, 0.15) is 19.8 Å². The number of carbonyl (C=O) groups is 1. The van der Waals surface area contributed by atoms with Crippen molar-refractivity contribution in [3.63, 3.8) is 0 Å². The zero-order valence-corrected chi connectivity index (χ0v) is 13.5. The molecule has 122 valence electrons. The van der Waals surface area contributed by atoms with Crippen molar-refractivity contribution < 1.29 is 17.9 Å². The number of benzene rings is 1. The SMILES string of the molecule is CCN(CC(=O)NC[C@H]1CCCO1)S(=O)(=O)c1ccccc1. The average molecular weight is 326 g/mol. The van der Waals surface area contributed by atoms with E-state index in [4.69, 9.17) is 4.74 Å². The van der Waals surface area contributed by atoms with Crippen molar-refractivity contribution in [2.24, 2.45) is 0 Å². The Morgan fingerprint density at radius 2 is 2.09 bits per heavy atom. The van der Waals surface area contributed by atoms with E-state index in [1.807, 2.05) is 0 Å². The van der Waals surface area contributed by atoms with Gasteiger partial charge in [-0.25, -0.2) is 8.42 Å². The molecule has 1 aromatic rings. The first-order valence-corrected chi connectivity index (χ1v) is 8.91. The molecule has 0 saturated carbocycles. The van der Waals surface area contributed by atoms with E-state index in [-0.39, 0.29) is 30.0 Å². The number of hydrogen-bond donors (Lipinski definition) is 1. The first kappa shape index (κ1) is 16.9. The fraction of sp³-hybridized carbons (Fsp3) is 0.533. The summed E-state index contributed by atoms with van der Waals surface area (Å²) >= 11 is 0. The highest BCUT2D eigenvalue weighted by atomic mass is 32.2. The van der Waals surface area contributed by atoms with Gasteiger partial charge in [0.25, 0.3) is 0 Å². The standard InChI is InChI=1S/C15H22N2O4S/c1-2-17(22(19,20)14-8-4-3-5-9-14)12-15(18)16-11-13-7-6-10-21-13/h3-5,8-9,13H,2,6-7,10-12H2,1H3,(H,16,18)/t13-/m1/s1. The second-order valence-electron chi connectivity index (χ2n) is 5.18. The Hall–Kier alpha value is -1.44. The van der Waals surface area contributed by atoms with Crippen LogP contribution in [0.25, 0.3) is 0 Å². The second-order valence-corrected chi connectivity index (χ2v) is 7.12. The Kier molecular flexibility index (Phi) is 5.93. The van der Waals surface area contributed by atoms with E-state index in [2.05, 4.69) is 5.32 Å². The molecule has 1 saturated heterocycles. The lowest BCUT2D eigenvalue weighted by Gasteiger charge is -2.20. The lowest BCUT2D eigenvalue weighted by Crippen LogP contribution is -2.42. The third-order valence-electron chi connectivity index (χ3n) is 3.60. The predicted octanol–water partition coefficient (Wildman–Crippen LogP) is 0.992. The first-order chi connectivity index (χ1) is 10.5. The van der Waals surface area contributed by atoms with Gasteiger partial charge in [0.05, 0.1) is 17.5 Å². The fourth-order valence-corrected chi connectivity index (χ4v) is 3.78. The molecule has 0 radical (unpaired) electrons. The van der Waals surface area contributed by atoms with Gasteiger partial charge < -0.3 is 10.1 Å². The van der Waals surface area contributed by atoms with Crippen LogP contribution in [0.4, 0.5) is 0 Å². The summed E-state index contributed by atoms with van der Waals surface area (Å²) in [6.45, 7) is 2.94. The summed E-state index contributed by atoms with van der Waals surface area (Å²) in [5.74, 6) is -0.308. The summed E-state index contributed by atoms with van der Waals surface area (Å²) in [5, 5.41) is 2.74. The molecule has 0 bridgehead atoms. The van der Waals surface area contributed by atoms with Gasteiger partial charge in [-0.2, -0.15) is 4.31 Å². The van der Waals surface area contributed by atoms with Crippen LogP contribution in [0.3, 0.4) is 0 Å². The Bertz CT molecular complexity index is 583. The van der Waals surface area contributed by atoms with E-state index in [0.29, 0.717) is 6.54 Å². The van der Waals surface area contributed by atoms with Gasteiger partial charge in [0.1, 0.15) is 0 Å². The molecule has 22 heavy (non-hydrogen) atoms. The van der Waals surface area contributed by atoms with Gasteiger partial charge >= 0.3 is 0 Å². The van der Waals surface area contributed by atoms with Crippen LogP contribution in [-0.4, -0.2) is 51.0 Å². The van der Waals surface area contributed by atoms with E-state index >= 15 is 0 Å². The maximum atomic E-state index is 12.5. The smallest absolute Gasteiger partial charge is 0.243 e. The van der Waals surface area contributed by atoms with Crippen LogP contribution >= 0.6 is 0 Å². The van der Waals surface area contributed by atoms with E-state index < -0.39 is 10.0 Å².